The van der Waals surface area contributed by atoms with Gasteiger partial charge in [0.1, 0.15) is 0 Å². The van der Waals surface area contributed by atoms with E-state index in [-0.39, 0.29) is 5.54 Å². The van der Waals surface area contributed by atoms with E-state index in [4.69, 9.17) is 11.6 Å². The van der Waals surface area contributed by atoms with Crippen molar-refractivity contribution in [1.29, 1.82) is 0 Å². The van der Waals surface area contributed by atoms with Crippen LogP contribution in [0.4, 0.5) is 0 Å². The lowest BCUT2D eigenvalue weighted by molar-refractivity contribution is 0.210. The summed E-state index contributed by atoms with van der Waals surface area (Å²) in [5.41, 5.74) is 0.181. The fourth-order valence-electron chi connectivity index (χ4n) is 1.85. The first-order valence-corrected chi connectivity index (χ1v) is 7.70. The molecule has 0 aromatic carbocycles. The third kappa shape index (κ3) is 5.70. The first-order chi connectivity index (χ1) is 8.31. The Morgan fingerprint density at radius 3 is 2.50 bits per heavy atom. The first-order valence-electron chi connectivity index (χ1n) is 6.51. The summed E-state index contributed by atoms with van der Waals surface area (Å²) in [4.78, 5) is 3.73. The van der Waals surface area contributed by atoms with Crippen LogP contribution in [0.3, 0.4) is 0 Å². The molecule has 104 valence electrons. The van der Waals surface area contributed by atoms with Gasteiger partial charge in [0.05, 0.1) is 4.34 Å². The van der Waals surface area contributed by atoms with Crippen molar-refractivity contribution >= 4 is 22.9 Å². The van der Waals surface area contributed by atoms with Crippen LogP contribution in [-0.4, -0.2) is 30.1 Å². The van der Waals surface area contributed by atoms with Gasteiger partial charge in [-0.25, -0.2) is 0 Å². The number of thiophene rings is 1. The second-order valence-corrected chi connectivity index (χ2v) is 7.61. The van der Waals surface area contributed by atoms with Gasteiger partial charge in [0.2, 0.25) is 0 Å². The fourth-order valence-corrected chi connectivity index (χ4v) is 3.00. The van der Waals surface area contributed by atoms with Crippen LogP contribution >= 0.6 is 22.9 Å². The lowest BCUT2D eigenvalue weighted by Crippen LogP contribution is -2.45. The molecule has 0 bridgehead atoms. The number of hydrogen-bond donors (Lipinski definition) is 1. The van der Waals surface area contributed by atoms with Crippen LogP contribution < -0.4 is 5.32 Å². The van der Waals surface area contributed by atoms with Crippen LogP contribution in [0, 0.1) is 0 Å². The summed E-state index contributed by atoms with van der Waals surface area (Å²) < 4.78 is 0.874. The Balaban J connectivity index is 2.49. The Morgan fingerprint density at radius 2 is 2.06 bits per heavy atom. The SMILES string of the molecule is CCC(CNC(C)(C)C)N(C)Cc1ccc(Cl)s1. The van der Waals surface area contributed by atoms with Gasteiger partial charge in [0.25, 0.3) is 0 Å². The standard InChI is InChI=1S/C14H25ClN2S/c1-6-11(9-16-14(2,3)4)17(5)10-12-7-8-13(15)18-12/h7-8,11,16H,6,9-10H2,1-5H3. The van der Waals surface area contributed by atoms with Gasteiger partial charge in [0.15, 0.2) is 0 Å². The van der Waals surface area contributed by atoms with Gasteiger partial charge in [-0.3, -0.25) is 4.90 Å². The van der Waals surface area contributed by atoms with E-state index in [1.54, 1.807) is 11.3 Å². The van der Waals surface area contributed by atoms with E-state index in [1.807, 2.05) is 6.07 Å². The van der Waals surface area contributed by atoms with Gasteiger partial charge >= 0.3 is 0 Å². The summed E-state index contributed by atoms with van der Waals surface area (Å²) in [6.45, 7) is 10.9. The molecule has 1 aromatic rings. The molecule has 4 heteroatoms. The molecule has 1 unspecified atom stereocenters. The summed E-state index contributed by atoms with van der Waals surface area (Å²) in [5.74, 6) is 0. The summed E-state index contributed by atoms with van der Waals surface area (Å²) in [7, 11) is 2.19. The molecule has 1 N–H and O–H groups in total. The number of hydrogen-bond acceptors (Lipinski definition) is 3. The van der Waals surface area contributed by atoms with Crippen LogP contribution in [0.15, 0.2) is 12.1 Å². The van der Waals surface area contributed by atoms with Gasteiger partial charge in [-0.15, -0.1) is 11.3 Å². The van der Waals surface area contributed by atoms with Crippen LogP contribution in [0.5, 0.6) is 0 Å². The van der Waals surface area contributed by atoms with Crippen molar-refractivity contribution < 1.29 is 0 Å². The summed E-state index contributed by atoms with van der Waals surface area (Å²) in [6.07, 6.45) is 1.15. The third-order valence-corrected chi connectivity index (χ3v) is 4.21. The van der Waals surface area contributed by atoms with Crippen molar-refractivity contribution in [2.75, 3.05) is 13.6 Å². The van der Waals surface area contributed by atoms with Crippen molar-refractivity contribution in [2.24, 2.45) is 0 Å². The second kappa shape index (κ2) is 6.90. The first kappa shape index (κ1) is 16.0. The summed E-state index contributed by atoms with van der Waals surface area (Å²) >= 11 is 7.64. The molecule has 1 rings (SSSR count). The molecule has 0 aliphatic carbocycles. The number of rotatable bonds is 6. The Morgan fingerprint density at radius 1 is 1.39 bits per heavy atom. The molecule has 1 aromatic heterocycles. The molecule has 0 radical (unpaired) electrons. The van der Waals surface area contributed by atoms with Crippen molar-refractivity contribution in [2.45, 2.75) is 52.2 Å². The predicted molar refractivity (Wildman–Crippen MR) is 82.6 cm³/mol. The smallest absolute Gasteiger partial charge is 0.0931 e. The molecular weight excluding hydrogens is 264 g/mol. The van der Waals surface area contributed by atoms with Gasteiger partial charge in [0, 0.05) is 29.5 Å². The average Bonchev–Trinajstić information content (AvgIpc) is 2.63. The van der Waals surface area contributed by atoms with Crippen molar-refractivity contribution in [3.63, 3.8) is 0 Å². The maximum Gasteiger partial charge on any atom is 0.0931 e. The Kier molecular flexibility index (Phi) is 6.12. The van der Waals surface area contributed by atoms with Crippen molar-refractivity contribution in [3.05, 3.63) is 21.3 Å². The summed E-state index contributed by atoms with van der Waals surface area (Å²) in [6, 6.07) is 4.65. The van der Waals surface area contributed by atoms with E-state index in [0.29, 0.717) is 6.04 Å². The molecule has 2 nitrogen and oxygen atoms in total. The topological polar surface area (TPSA) is 15.3 Å². The molecule has 18 heavy (non-hydrogen) atoms. The van der Waals surface area contributed by atoms with Crippen LogP contribution in [0.1, 0.15) is 39.0 Å². The summed E-state index contributed by atoms with van der Waals surface area (Å²) in [5, 5.41) is 3.58. The number of nitrogens with zero attached hydrogens (tertiary/aromatic N) is 1. The molecule has 0 saturated heterocycles. The molecule has 0 amide bonds. The maximum atomic E-state index is 5.97. The quantitative estimate of drug-likeness (QED) is 0.851. The van der Waals surface area contributed by atoms with Crippen LogP contribution in [0.2, 0.25) is 4.34 Å². The molecule has 0 aliphatic rings. The molecule has 0 spiro atoms. The highest BCUT2D eigenvalue weighted by Crippen LogP contribution is 2.23. The molecule has 1 atom stereocenters. The van der Waals surface area contributed by atoms with Gasteiger partial charge < -0.3 is 5.32 Å². The zero-order valence-corrected chi connectivity index (χ0v) is 13.7. The zero-order chi connectivity index (χ0) is 13.8. The Hall–Kier alpha value is -0.0900. The minimum atomic E-state index is 0.181. The van der Waals surface area contributed by atoms with Crippen molar-refractivity contribution in [1.82, 2.24) is 10.2 Å². The predicted octanol–water partition coefficient (Wildman–Crippen LogP) is 4.00. The maximum absolute atomic E-state index is 5.97. The van der Waals surface area contributed by atoms with Crippen molar-refractivity contribution in [3.8, 4) is 0 Å². The molecule has 1 heterocycles. The minimum absolute atomic E-state index is 0.181. The Bertz CT molecular complexity index is 357. The number of likely N-dealkylation sites (N-methyl/N-ethyl adjacent to an activating group) is 1. The van der Waals surface area contributed by atoms with Gasteiger partial charge in [-0.1, -0.05) is 18.5 Å². The van der Waals surface area contributed by atoms with E-state index in [0.717, 1.165) is 23.8 Å². The lowest BCUT2D eigenvalue weighted by atomic mass is 10.1. The van der Waals surface area contributed by atoms with E-state index in [2.05, 4.69) is 51.0 Å². The third-order valence-electron chi connectivity index (χ3n) is 3.00. The van der Waals surface area contributed by atoms with Gasteiger partial charge in [-0.05, 0) is 46.4 Å². The Labute approximate surface area is 120 Å². The van der Waals surface area contributed by atoms with E-state index in [9.17, 15) is 0 Å². The average molecular weight is 289 g/mol. The fraction of sp³-hybridized carbons (Fsp3) is 0.714. The largest absolute Gasteiger partial charge is 0.311 e. The molecule has 0 saturated carbocycles. The lowest BCUT2D eigenvalue weighted by Gasteiger charge is -2.30. The second-order valence-electron chi connectivity index (χ2n) is 5.81. The van der Waals surface area contributed by atoms with E-state index < -0.39 is 0 Å². The highest BCUT2D eigenvalue weighted by atomic mass is 35.5. The highest BCUT2D eigenvalue weighted by Gasteiger charge is 2.17. The minimum Gasteiger partial charge on any atom is -0.311 e. The van der Waals surface area contributed by atoms with E-state index in [1.165, 1.54) is 4.88 Å². The van der Waals surface area contributed by atoms with E-state index >= 15 is 0 Å². The molecular formula is C14H25ClN2S. The number of nitrogens with one attached hydrogen (secondary N) is 1. The zero-order valence-electron chi connectivity index (χ0n) is 12.1. The van der Waals surface area contributed by atoms with Crippen LogP contribution in [-0.2, 0) is 6.54 Å². The van der Waals surface area contributed by atoms with Gasteiger partial charge in [-0.2, -0.15) is 0 Å². The highest BCUT2D eigenvalue weighted by molar-refractivity contribution is 7.16. The monoisotopic (exact) mass is 288 g/mol. The molecule has 0 aliphatic heterocycles. The number of halogens is 1. The van der Waals surface area contributed by atoms with Crippen LogP contribution in [0.25, 0.3) is 0 Å². The normalized spacial score (nSPS) is 14.2. The molecule has 0 fully saturated rings.